The van der Waals surface area contributed by atoms with Crippen molar-refractivity contribution >= 4 is 33.7 Å². The highest BCUT2D eigenvalue weighted by atomic mass is 79.9. The van der Waals surface area contributed by atoms with E-state index in [0.29, 0.717) is 13.0 Å². The summed E-state index contributed by atoms with van der Waals surface area (Å²) in [7, 11) is 0. The van der Waals surface area contributed by atoms with Gasteiger partial charge in [-0.1, -0.05) is 13.0 Å². The predicted molar refractivity (Wildman–Crippen MR) is 70.9 cm³/mol. The lowest BCUT2D eigenvalue weighted by Gasteiger charge is -2.06. The van der Waals surface area contributed by atoms with Gasteiger partial charge in [-0.05, 0) is 46.3 Å². The molecule has 4 heteroatoms. The van der Waals surface area contributed by atoms with Crippen molar-refractivity contribution in [3.05, 3.63) is 28.2 Å². The van der Waals surface area contributed by atoms with Gasteiger partial charge in [0.25, 0.3) is 0 Å². The van der Waals surface area contributed by atoms with E-state index in [4.69, 9.17) is 4.74 Å². The van der Waals surface area contributed by atoms with Gasteiger partial charge in [-0.15, -0.1) is 11.8 Å². The molecule has 0 aromatic heterocycles. The Morgan fingerprint density at radius 3 is 2.75 bits per heavy atom. The molecule has 2 nitrogen and oxygen atoms in total. The minimum atomic E-state index is -0.176. The van der Waals surface area contributed by atoms with Crippen molar-refractivity contribution in [2.24, 2.45) is 0 Å². The number of halogens is 1. The third kappa shape index (κ3) is 4.18. The fraction of sp³-hybridized carbons (Fsp3) is 0.417. The zero-order valence-corrected chi connectivity index (χ0v) is 11.9. The van der Waals surface area contributed by atoms with Crippen LogP contribution in [0.15, 0.2) is 27.6 Å². The smallest absolute Gasteiger partial charge is 0.310 e. The minimum absolute atomic E-state index is 0.176. The average Bonchev–Trinajstić information content (AvgIpc) is 2.22. The van der Waals surface area contributed by atoms with Gasteiger partial charge < -0.3 is 4.74 Å². The molecule has 0 N–H and O–H groups in total. The van der Waals surface area contributed by atoms with E-state index >= 15 is 0 Å². The summed E-state index contributed by atoms with van der Waals surface area (Å²) >= 11 is 5.28. The van der Waals surface area contributed by atoms with Crippen molar-refractivity contribution in [3.63, 3.8) is 0 Å². The number of rotatable bonds is 5. The second kappa shape index (κ2) is 6.97. The average molecular weight is 303 g/mol. The molecule has 0 saturated heterocycles. The molecule has 0 aliphatic carbocycles. The first-order chi connectivity index (χ1) is 7.67. The van der Waals surface area contributed by atoms with E-state index in [2.05, 4.69) is 22.9 Å². The molecule has 1 aromatic carbocycles. The molecule has 0 fully saturated rings. The number of carbonyl (C=O) groups is 1. The number of esters is 1. The van der Waals surface area contributed by atoms with Crippen LogP contribution in [-0.2, 0) is 16.0 Å². The van der Waals surface area contributed by atoms with Gasteiger partial charge in [0.05, 0.1) is 13.0 Å². The van der Waals surface area contributed by atoms with E-state index < -0.39 is 0 Å². The number of hydrogen-bond acceptors (Lipinski definition) is 3. The van der Waals surface area contributed by atoms with Crippen LogP contribution in [0.5, 0.6) is 0 Å². The van der Waals surface area contributed by atoms with Crippen LogP contribution in [0.2, 0.25) is 0 Å². The van der Waals surface area contributed by atoms with Gasteiger partial charge in [0, 0.05) is 9.37 Å². The number of ether oxygens (including phenoxy) is 1. The van der Waals surface area contributed by atoms with E-state index in [1.807, 2.05) is 25.1 Å². The Bertz CT molecular complexity index is 366. The lowest BCUT2D eigenvalue weighted by atomic mass is 10.1. The molecule has 0 bridgehead atoms. The molecule has 1 rings (SSSR count). The molecule has 0 amide bonds. The Labute approximate surface area is 109 Å². The largest absolute Gasteiger partial charge is 0.466 e. The molecule has 16 heavy (non-hydrogen) atoms. The predicted octanol–water partition coefficient (Wildman–Crippen LogP) is 3.67. The van der Waals surface area contributed by atoms with E-state index in [1.54, 1.807) is 11.8 Å². The number of benzene rings is 1. The van der Waals surface area contributed by atoms with Gasteiger partial charge in [-0.3, -0.25) is 4.79 Å². The van der Waals surface area contributed by atoms with Gasteiger partial charge in [-0.2, -0.15) is 0 Å². The molecular formula is C12H15BrO2S. The molecule has 0 aliphatic heterocycles. The summed E-state index contributed by atoms with van der Waals surface area (Å²) in [6.07, 6.45) is 0.337. The third-order valence-electron chi connectivity index (χ3n) is 1.95. The normalized spacial score (nSPS) is 10.2. The van der Waals surface area contributed by atoms with Crippen molar-refractivity contribution in [2.45, 2.75) is 25.2 Å². The molecule has 1 aromatic rings. The molecule has 0 spiro atoms. The maximum atomic E-state index is 11.3. The quantitative estimate of drug-likeness (QED) is 0.613. The highest BCUT2D eigenvalue weighted by molar-refractivity contribution is 9.10. The van der Waals surface area contributed by atoms with E-state index in [9.17, 15) is 4.79 Å². The minimum Gasteiger partial charge on any atom is -0.466 e. The summed E-state index contributed by atoms with van der Waals surface area (Å²) in [5, 5.41) is 0. The van der Waals surface area contributed by atoms with Crippen molar-refractivity contribution in [1.29, 1.82) is 0 Å². The standard InChI is InChI=1S/C12H15BrO2S/c1-3-15-12(14)8-9-5-6-11(16-4-2)10(13)7-9/h5-7H,3-4,8H2,1-2H3. The number of thioether (sulfide) groups is 1. The molecule has 0 aliphatic rings. The second-order valence-electron chi connectivity index (χ2n) is 3.18. The van der Waals surface area contributed by atoms with Gasteiger partial charge >= 0.3 is 5.97 Å². The van der Waals surface area contributed by atoms with E-state index in [0.717, 1.165) is 15.8 Å². The van der Waals surface area contributed by atoms with Crippen LogP contribution in [0.4, 0.5) is 0 Å². The maximum absolute atomic E-state index is 11.3. The van der Waals surface area contributed by atoms with Crippen molar-refractivity contribution in [3.8, 4) is 0 Å². The topological polar surface area (TPSA) is 26.3 Å². The monoisotopic (exact) mass is 302 g/mol. The fourth-order valence-corrected chi connectivity index (χ4v) is 2.75. The molecular weight excluding hydrogens is 288 g/mol. The van der Waals surface area contributed by atoms with Crippen molar-refractivity contribution < 1.29 is 9.53 Å². The van der Waals surface area contributed by atoms with Crippen LogP contribution in [0, 0.1) is 0 Å². The summed E-state index contributed by atoms with van der Waals surface area (Å²) in [6.45, 7) is 4.36. The first-order valence-corrected chi connectivity index (χ1v) is 7.02. The summed E-state index contributed by atoms with van der Waals surface area (Å²) in [5.74, 6) is 0.862. The molecule has 0 unspecified atom stereocenters. The molecule has 0 atom stereocenters. The highest BCUT2D eigenvalue weighted by Gasteiger charge is 2.06. The molecule has 0 saturated carbocycles. The van der Waals surface area contributed by atoms with Crippen LogP contribution >= 0.6 is 27.7 Å². The first kappa shape index (κ1) is 13.6. The molecule has 0 heterocycles. The Hall–Kier alpha value is -0.480. The van der Waals surface area contributed by atoms with Crippen LogP contribution < -0.4 is 0 Å². The van der Waals surface area contributed by atoms with Crippen LogP contribution in [0.1, 0.15) is 19.4 Å². The van der Waals surface area contributed by atoms with Gasteiger partial charge in [0.2, 0.25) is 0 Å². The number of hydrogen-bond donors (Lipinski definition) is 0. The van der Waals surface area contributed by atoms with Crippen molar-refractivity contribution in [1.82, 2.24) is 0 Å². The maximum Gasteiger partial charge on any atom is 0.310 e. The first-order valence-electron chi connectivity index (χ1n) is 5.24. The summed E-state index contributed by atoms with van der Waals surface area (Å²) < 4.78 is 5.95. The van der Waals surface area contributed by atoms with Crippen LogP contribution in [-0.4, -0.2) is 18.3 Å². The van der Waals surface area contributed by atoms with E-state index in [1.165, 1.54) is 4.90 Å². The Morgan fingerprint density at radius 2 is 2.19 bits per heavy atom. The van der Waals surface area contributed by atoms with Gasteiger partial charge in [-0.25, -0.2) is 0 Å². The zero-order chi connectivity index (χ0) is 12.0. The highest BCUT2D eigenvalue weighted by Crippen LogP contribution is 2.28. The van der Waals surface area contributed by atoms with Gasteiger partial charge in [0.1, 0.15) is 0 Å². The molecule has 88 valence electrons. The third-order valence-corrected chi connectivity index (χ3v) is 3.82. The Balaban J connectivity index is 2.69. The number of carbonyl (C=O) groups excluding carboxylic acids is 1. The molecule has 0 radical (unpaired) electrons. The van der Waals surface area contributed by atoms with Crippen LogP contribution in [0.25, 0.3) is 0 Å². The van der Waals surface area contributed by atoms with Crippen LogP contribution in [0.3, 0.4) is 0 Å². The van der Waals surface area contributed by atoms with E-state index in [-0.39, 0.29) is 5.97 Å². The SMILES string of the molecule is CCOC(=O)Cc1ccc(SCC)c(Br)c1. The summed E-state index contributed by atoms with van der Waals surface area (Å²) in [4.78, 5) is 12.5. The Morgan fingerprint density at radius 1 is 1.44 bits per heavy atom. The summed E-state index contributed by atoms with van der Waals surface area (Å²) in [6, 6.07) is 5.99. The van der Waals surface area contributed by atoms with Gasteiger partial charge in [0.15, 0.2) is 0 Å². The lowest BCUT2D eigenvalue weighted by molar-refractivity contribution is -0.142. The van der Waals surface area contributed by atoms with Crippen molar-refractivity contribution in [2.75, 3.05) is 12.4 Å². The summed E-state index contributed by atoms with van der Waals surface area (Å²) in [5.41, 5.74) is 0.978. The zero-order valence-electron chi connectivity index (χ0n) is 9.46. The second-order valence-corrected chi connectivity index (χ2v) is 5.34. The Kier molecular flexibility index (Phi) is 5.91. The fourth-order valence-electron chi connectivity index (χ4n) is 1.31. The lowest BCUT2D eigenvalue weighted by Crippen LogP contribution is -2.07.